The fourth-order valence-electron chi connectivity index (χ4n) is 1.08. The molecule has 5 heteroatoms. The van der Waals surface area contributed by atoms with Crippen LogP contribution in [0.1, 0.15) is 19.3 Å². The van der Waals surface area contributed by atoms with Crippen molar-refractivity contribution in [3.63, 3.8) is 0 Å². The zero-order valence-electron chi connectivity index (χ0n) is 6.97. The lowest BCUT2D eigenvalue weighted by Crippen LogP contribution is -2.11. The van der Waals surface area contributed by atoms with Gasteiger partial charge in [0.25, 0.3) is 0 Å². The van der Waals surface area contributed by atoms with Crippen LogP contribution in [0.4, 0.5) is 0 Å². The van der Waals surface area contributed by atoms with Gasteiger partial charge in [-0.05, 0) is 19.3 Å². The van der Waals surface area contributed by atoms with Gasteiger partial charge in [0.2, 0.25) is 0 Å². The molecule has 0 aromatic heterocycles. The molecular weight excluding hydrogens is 179 g/mol. The SMILES string of the molecule is COP(=O)(O)OC1C=CCCC1. The van der Waals surface area contributed by atoms with Crippen molar-refractivity contribution in [1.29, 1.82) is 0 Å². The van der Waals surface area contributed by atoms with Crippen LogP contribution in [0.2, 0.25) is 0 Å². The molecule has 2 atom stereocenters. The predicted molar refractivity (Wildman–Crippen MR) is 44.7 cm³/mol. The zero-order chi connectivity index (χ0) is 9.03. The first-order valence-corrected chi connectivity index (χ1v) is 5.37. The molecule has 0 saturated carbocycles. The van der Waals surface area contributed by atoms with Crippen LogP contribution in [0.3, 0.4) is 0 Å². The molecule has 70 valence electrons. The molecule has 0 spiro atoms. The molecule has 0 aromatic carbocycles. The minimum Gasteiger partial charge on any atom is -0.302 e. The van der Waals surface area contributed by atoms with Crippen LogP contribution in [0, 0.1) is 0 Å². The van der Waals surface area contributed by atoms with Crippen LogP contribution >= 0.6 is 7.82 Å². The van der Waals surface area contributed by atoms with Crippen LogP contribution in [0.15, 0.2) is 12.2 Å². The summed E-state index contributed by atoms with van der Waals surface area (Å²) in [6, 6.07) is 0. The Balaban J connectivity index is 2.44. The Morgan fingerprint density at radius 1 is 1.67 bits per heavy atom. The highest BCUT2D eigenvalue weighted by Gasteiger charge is 2.23. The van der Waals surface area contributed by atoms with E-state index in [0.29, 0.717) is 0 Å². The highest BCUT2D eigenvalue weighted by Crippen LogP contribution is 2.44. The largest absolute Gasteiger partial charge is 0.472 e. The lowest BCUT2D eigenvalue weighted by molar-refractivity contribution is 0.135. The van der Waals surface area contributed by atoms with E-state index >= 15 is 0 Å². The first-order chi connectivity index (χ1) is 5.64. The van der Waals surface area contributed by atoms with E-state index in [-0.39, 0.29) is 6.10 Å². The molecule has 0 saturated heterocycles. The summed E-state index contributed by atoms with van der Waals surface area (Å²) in [5.74, 6) is 0. The van der Waals surface area contributed by atoms with Gasteiger partial charge in [-0.1, -0.05) is 12.2 Å². The fraction of sp³-hybridized carbons (Fsp3) is 0.714. The third-order valence-corrected chi connectivity index (χ3v) is 2.71. The Hall–Kier alpha value is -0.150. The molecule has 0 heterocycles. The van der Waals surface area contributed by atoms with Crippen molar-refractivity contribution in [2.24, 2.45) is 0 Å². The maximum atomic E-state index is 10.9. The molecule has 0 radical (unpaired) electrons. The van der Waals surface area contributed by atoms with Crippen molar-refractivity contribution in [2.75, 3.05) is 7.11 Å². The standard InChI is InChI=1S/C7H13O4P/c1-10-12(8,9)11-7-5-3-2-4-6-7/h3,5,7H,2,4,6H2,1H3,(H,8,9). The molecule has 1 aliphatic rings. The van der Waals surface area contributed by atoms with E-state index in [9.17, 15) is 4.57 Å². The fourth-order valence-corrected chi connectivity index (χ4v) is 1.69. The molecule has 0 amide bonds. The van der Waals surface area contributed by atoms with Gasteiger partial charge < -0.3 is 4.89 Å². The van der Waals surface area contributed by atoms with E-state index in [0.717, 1.165) is 26.4 Å². The van der Waals surface area contributed by atoms with Crippen LogP contribution in [0.5, 0.6) is 0 Å². The molecule has 1 N–H and O–H groups in total. The van der Waals surface area contributed by atoms with Crippen molar-refractivity contribution in [3.05, 3.63) is 12.2 Å². The maximum Gasteiger partial charge on any atom is 0.472 e. The highest BCUT2D eigenvalue weighted by molar-refractivity contribution is 7.47. The molecule has 1 aliphatic carbocycles. The van der Waals surface area contributed by atoms with Crippen LogP contribution in [-0.4, -0.2) is 18.1 Å². The van der Waals surface area contributed by atoms with Gasteiger partial charge in [-0.15, -0.1) is 0 Å². The summed E-state index contributed by atoms with van der Waals surface area (Å²) >= 11 is 0. The molecule has 1 rings (SSSR count). The topological polar surface area (TPSA) is 55.8 Å². The Morgan fingerprint density at radius 2 is 2.42 bits per heavy atom. The van der Waals surface area contributed by atoms with E-state index in [2.05, 4.69) is 4.52 Å². The third-order valence-electron chi connectivity index (χ3n) is 1.71. The number of rotatable bonds is 3. The molecule has 0 aromatic rings. The molecular formula is C7H13O4P. The molecule has 12 heavy (non-hydrogen) atoms. The van der Waals surface area contributed by atoms with Crippen LogP contribution < -0.4 is 0 Å². The second-order valence-corrected chi connectivity index (χ2v) is 4.17. The molecule has 4 nitrogen and oxygen atoms in total. The van der Waals surface area contributed by atoms with E-state index in [1.165, 1.54) is 0 Å². The Kier molecular flexibility index (Phi) is 3.47. The summed E-state index contributed by atoms with van der Waals surface area (Å²) < 4.78 is 20.1. The van der Waals surface area contributed by atoms with Gasteiger partial charge in [0.1, 0.15) is 0 Å². The summed E-state index contributed by atoms with van der Waals surface area (Å²) in [5, 5.41) is 0. The van der Waals surface area contributed by atoms with Gasteiger partial charge in [-0.2, -0.15) is 0 Å². The molecule has 0 aliphatic heterocycles. The third kappa shape index (κ3) is 3.07. The minimum absolute atomic E-state index is 0.269. The highest BCUT2D eigenvalue weighted by atomic mass is 31.2. The van der Waals surface area contributed by atoms with Crippen molar-refractivity contribution in [3.8, 4) is 0 Å². The van der Waals surface area contributed by atoms with Gasteiger partial charge in [0, 0.05) is 7.11 Å². The minimum atomic E-state index is -3.79. The summed E-state index contributed by atoms with van der Waals surface area (Å²) in [7, 11) is -2.63. The molecule has 0 bridgehead atoms. The number of phosphoric acid groups is 1. The van der Waals surface area contributed by atoms with Crippen molar-refractivity contribution in [1.82, 2.24) is 0 Å². The number of allylic oxidation sites excluding steroid dienone is 1. The Morgan fingerprint density at radius 3 is 2.92 bits per heavy atom. The Bertz CT molecular complexity index is 213. The van der Waals surface area contributed by atoms with E-state index < -0.39 is 7.82 Å². The van der Waals surface area contributed by atoms with Crippen molar-refractivity contribution < 1.29 is 18.5 Å². The van der Waals surface area contributed by atoms with Gasteiger partial charge in [0.15, 0.2) is 0 Å². The van der Waals surface area contributed by atoms with E-state index in [4.69, 9.17) is 9.42 Å². The normalized spacial score (nSPS) is 28.3. The summed E-state index contributed by atoms with van der Waals surface area (Å²) in [5.41, 5.74) is 0. The lowest BCUT2D eigenvalue weighted by atomic mass is 10.1. The second-order valence-electron chi connectivity index (χ2n) is 2.65. The first kappa shape index (κ1) is 9.93. The van der Waals surface area contributed by atoms with Gasteiger partial charge in [0.05, 0.1) is 6.10 Å². The van der Waals surface area contributed by atoms with Crippen molar-refractivity contribution in [2.45, 2.75) is 25.4 Å². The van der Waals surface area contributed by atoms with Crippen LogP contribution in [0.25, 0.3) is 0 Å². The smallest absolute Gasteiger partial charge is 0.302 e. The number of hydrogen-bond acceptors (Lipinski definition) is 3. The average molecular weight is 192 g/mol. The number of phosphoric ester groups is 1. The summed E-state index contributed by atoms with van der Waals surface area (Å²) in [6.45, 7) is 0. The number of hydrogen-bond donors (Lipinski definition) is 1. The monoisotopic (exact) mass is 192 g/mol. The van der Waals surface area contributed by atoms with Gasteiger partial charge >= 0.3 is 7.82 Å². The zero-order valence-corrected chi connectivity index (χ0v) is 7.87. The average Bonchev–Trinajstić information content (AvgIpc) is 2.06. The maximum absolute atomic E-state index is 10.9. The van der Waals surface area contributed by atoms with E-state index in [1.807, 2.05) is 6.08 Å². The van der Waals surface area contributed by atoms with Crippen LogP contribution in [-0.2, 0) is 13.6 Å². The molecule has 2 unspecified atom stereocenters. The quantitative estimate of drug-likeness (QED) is 0.547. The second kappa shape index (κ2) is 4.19. The summed E-state index contributed by atoms with van der Waals surface area (Å²) in [6.07, 6.45) is 6.27. The predicted octanol–water partition coefficient (Wildman–Crippen LogP) is 1.86. The lowest BCUT2D eigenvalue weighted by Gasteiger charge is -2.18. The van der Waals surface area contributed by atoms with Gasteiger partial charge in [-0.3, -0.25) is 9.05 Å². The first-order valence-electron chi connectivity index (χ1n) is 3.87. The van der Waals surface area contributed by atoms with E-state index in [1.54, 1.807) is 6.08 Å². The summed E-state index contributed by atoms with van der Waals surface area (Å²) in [4.78, 5) is 8.95. The molecule has 0 fully saturated rings. The Labute approximate surface area is 71.8 Å². The van der Waals surface area contributed by atoms with Gasteiger partial charge in [-0.25, -0.2) is 4.57 Å². The van der Waals surface area contributed by atoms with Crippen molar-refractivity contribution >= 4 is 7.82 Å².